The zero-order chi connectivity index (χ0) is 20.6. The molecule has 2 atom stereocenters. The van der Waals surface area contributed by atoms with E-state index in [9.17, 15) is 9.59 Å². The van der Waals surface area contributed by atoms with Crippen molar-refractivity contribution in [3.05, 3.63) is 30.2 Å². The zero-order valence-corrected chi connectivity index (χ0v) is 17.4. The first kappa shape index (κ1) is 19.7. The molecule has 2 fully saturated rings. The standard InChI is InChI=1S/C22H29N3O4/c1-22(2,3)29-21(27)25-13-7-10-17(25)20(26)24-12-6-8-15(14-24)19-23-16-9-4-5-11-18(16)28-19/h4-5,9,11,15,17H,6-8,10,12-14H2,1-3H3/t15-,17-/m0/s1. The van der Waals surface area contributed by atoms with Crippen molar-refractivity contribution in [2.45, 2.75) is 64.0 Å². The molecule has 7 nitrogen and oxygen atoms in total. The van der Waals surface area contributed by atoms with Gasteiger partial charge in [0.05, 0.1) is 5.92 Å². The molecule has 156 valence electrons. The molecule has 0 spiro atoms. The number of amides is 2. The number of para-hydroxylation sites is 2. The second-order valence-corrected chi connectivity index (χ2v) is 8.97. The van der Waals surface area contributed by atoms with Gasteiger partial charge < -0.3 is 14.1 Å². The van der Waals surface area contributed by atoms with E-state index >= 15 is 0 Å². The minimum atomic E-state index is -0.573. The highest BCUT2D eigenvalue weighted by Crippen LogP contribution is 2.31. The van der Waals surface area contributed by atoms with E-state index in [2.05, 4.69) is 4.98 Å². The molecule has 2 aromatic rings. The van der Waals surface area contributed by atoms with Crippen LogP contribution in [0.4, 0.5) is 4.79 Å². The number of ether oxygens (including phenoxy) is 1. The average molecular weight is 399 g/mol. The van der Waals surface area contributed by atoms with Gasteiger partial charge in [0.2, 0.25) is 5.91 Å². The van der Waals surface area contributed by atoms with Crippen LogP contribution in [0.1, 0.15) is 58.3 Å². The number of aromatic nitrogens is 1. The number of rotatable bonds is 2. The van der Waals surface area contributed by atoms with Gasteiger partial charge in [-0.3, -0.25) is 9.69 Å². The van der Waals surface area contributed by atoms with E-state index in [0.29, 0.717) is 31.9 Å². The van der Waals surface area contributed by atoms with Crippen molar-refractivity contribution in [1.29, 1.82) is 0 Å². The normalized spacial score (nSPS) is 22.9. The lowest BCUT2D eigenvalue weighted by molar-refractivity contribution is -0.137. The van der Waals surface area contributed by atoms with Crippen LogP contribution in [0.15, 0.2) is 28.7 Å². The average Bonchev–Trinajstić information content (AvgIpc) is 3.33. The van der Waals surface area contributed by atoms with E-state index in [1.54, 1.807) is 4.90 Å². The second-order valence-electron chi connectivity index (χ2n) is 8.97. The number of piperidine rings is 1. The maximum absolute atomic E-state index is 13.3. The van der Waals surface area contributed by atoms with Crippen molar-refractivity contribution >= 4 is 23.1 Å². The maximum atomic E-state index is 13.3. The van der Waals surface area contributed by atoms with Gasteiger partial charge >= 0.3 is 6.09 Å². The number of carbonyl (C=O) groups excluding carboxylic acids is 2. The van der Waals surface area contributed by atoms with Crippen LogP contribution in [0.5, 0.6) is 0 Å². The van der Waals surface area contributed by atoms with Crippen molar-refractivity contribution in [2.75, 3.05) is 19.6 Å². The number of hydrogen-bond acceptors (Lipinski definition) is 5. The molecule has 7 heteroatoms. The summed E-state index contributed by atoms with van der Waals surface area (Å²) in [4.78, 5) is 33.9. The van der Waals surface area contributed by atoms with E-state index in [-0.39, 0.29) is 11.8 Å². The molecule has 0 N–H and O–H groups in total. The molecule has 0 unspecified atom stereocenters. The van der Waals surface area contributed by atoms with E-state index in [4.69, 9.17) is 9.15 Å². The van der Waals surface area contributed by atoms with Gasteiger partial charge in [0.15, 0.2) is 11.5 Å². The zero-order valence-electron chi connectivity index (χ0n) is 17.4. The van der Waals surface area contributed by atoms with Gasteiger partial charge in [-0.2, -0.15) is 0 Å². The van der Waals surface area contributed by atoms with Crippen molar-refractivity contribution < 1.29 is 18.7 Å². The Morgan fingerprint density at radius 3 is 2.66 bits per heavy atom. The van der Waals surface area contributed by atoms with Gasteiger partial charge in [-0.15, -0.1) is 0 Å². The molecule has 2 aliphatic heterocycles. The summed E-state index contributed by atoms with van der Waals surface area (Å²) in [6.45, 7) is 7.36. The third-order valence-electron chi connectivity index (χ3n) is 5.56. The van der Waals surface area contributed by atoms with Crippen LogP contribution >= 0.6 is 0 Å². The largest absolute Gasteiger partial charge is 0.444 e. The minimum absolute atomic E-state index is 0.00849. The SMILES string of the molecule is CC(C)(C)OC(=O)N1CCC[C@H]1C(=O)N1CCC[C@H](c2nc3ccccc3o2)C1. The van der Waals surface area contributed by atoms with Gasteiger partial charge in [-0.05, 0) is 58.6 Å². The van der Waals surface area contributed by atoms with Crippen LogP contribution in [-0.4, -0.2) is 58.1 Å². The molecule has 2 amide bonds. The van der Waals surface area contributed by atoms with E-state index < -0.39 is 17.7 Å². The smallest absolute Gasteiger partial charge is 0.410 e. The quantitative estimate of drug-likeness (QED) is 0.765. The lowest BCUT2D eigenvalue weighted by atomic mass is 9.97. The number of benzene rings is 1. The van der Waals surface area contributed by atoms with Crippen LogP contribution < -0.4 is 0 Å². The Morgan fingerprint density at radius 2 is 1.90 bits per heavy atom. The summed E-state index contributed by atoms with van der Waals surface area (Å²) in [6.07, 6.45) is 2.94. The Hall–Kier alpha value is -2.57. The number of likely N-dealkylation sites (tertiary alicyclic amines) is 2. The molecule has 1 aromatic carbocycles. The monoisotopic (exact) mass is 399 g/mol. The highest BCUT2D eigenvalue weighted by molar-refractivity contribution is 5.86. The number of nitrogens with zero attached hydrogens (tertiary/aromatic N) is 3. The minimum Gasteiger partial charge on any atom is -0.444 e. The predicted molar refractivity (Wildman–Crippen MR) is 109 cm³/mol. The number of carbonyl (C=O) groups is 2. The molecule has 1 aromatic heterocycles. The summed E-state index contributed by atoms with van der Waals surface area (Å²) >= 11 is 0. The van der Waals surface area contributed by atoms with Gasteiger partial charge in [0.1, 0.15) is 17.2 Å². The van der Waals surface area contributed by atoms with E-state index in [0.717, 1.165) is 30.4 Å². The number of fused-ring (bicyclic) bond motifs is 1. The highest BCUT2D eigenvalue weighted by Gasteiger charge is 2.40. The molecule has 0 saturated carbocycles. The Bertz CT molecular complexity index is 868. The fraction of sp³-hybridized carbons (Fsp3) is 0.591. The molecule has 3 heterocycles. The van der Waals surface area contributed by atoms with Crippen molar-refractivity contribution in [3.8, 4) is 0 Å². The van der Waals surface area contributed by atoms with Gasteiger partial charge in [0.25, 0.3) is 0 Å². The van der Waals surface area contributed by atoms with Crippen LogP contribution in [-0.2, 0) is 9.53 Å². The molecule has 29 heavy (non-hydrogen) atoms. The fourth-order valence-electron chi connectivity index (χ4n) is 4.22. The van der Waals surface area contributed by atoms with E-state index in [1.807, 2.05) is 49.9 Å². The molecule has 0 aliphatic carbocycles. The topological polar surface area (TPSA) is 75.9 Å². The summed E-state index contributed by atoms with van der Waals surface area (Å²) in [5, 5.41) is 0. The Balaban J connectivity index is 1.46. The molecular formula is C22H29N3O4. The van der Waals surface area contributed by atoms with Gasteiger partial charge in [-0.25, -0.2) is 9.78 Å². The van der Waals surface area contributed by atoms with E-state index in [1.165, 1.54) is 0 Å². The fourth-order valence-corrected chi connectivity index (χ4v) is 4.22. The Morgan fingerprint density at radius 1 is 1.14 bits per heavy atom. The lowest BCUT2D eigenvalue weighted by Crippen LogP contribution is -2.51. The van der Waals surface area contributed by atoms with Crippen molar-refractivity contribution in [3.63, 3.8) is 0 Å². The van der Waals surface area contributed by atoms with Crippen LogP contribution in [0.3, 0.4) is 0 Å². The van der Waals surface area contributed by atoms with Gasteiger partial charge in [0, 0.05) is 19.6 Å². The van der Waals surface area contributed by atoms with Crippen molar-refractivity contribution in [2.24, 2.45) is 0 Å². The molecule has 0 bridgehead atoms. The summed E-state index contributed by atoms with van der Waals surface area (Å²) in [5.74, 6) is 0.782. The second kappa shape index (κ2) is 7.69. The molecule has 2 saturated heterocycles. The first-order valence-electron chi connectivity index (χ1n) is 10.5. The van der Waals surface area contributed by atoms with Crippen LogP contribution in [0, 0.1) is 0 Å². The first-order valence-corrected chi connectivity index (χ1v) is 10.5. The maximum Gasteiger partial charge on any atom is 0.410 e. The van der Waals surface area contributed by atoms with Crippen molar-refractivity contribution in [1.82, 2.24) is 14.8 Å². The predicted octanol–water partition coefficient (Wildman–Crippen LogP) is 3.93. The summed E-state index contributed by atoms with van der Waals surface area (Å²) < 4.78 is 11.4. The number of hydrogen-bond donors (Lipinski definition) is 0. The third kappa shape index (κ3) is 4.23. The molecular weight excluding hydrogens is 370 g/mol. The van der Waals surface area contributed by atoms with Crippen LogP contribution in [0.2, 0.25) is 0 Å². The Labute approximate surface area is 171 Å². The molecule has 0 radical (unpaired) electrons. The summed E-state index contributed by atoms with van der Waals surface area (Å²) in [5.41, 5.74) is 1.05. The first-order chi connectivity index (χ1) is 13.8. The molecule has 4 rings (SSSR count). The Kier molecular flexibility index (Phi) is 5.23. The summed E-state index contributed by atoms with van der Waals surface area (Å²) in [6, 6.07) is 7.28. The summed E-state index contributed by atoms with van der Waals surface area (Å²) in [7, 11) is 0. The lowest BCUT2D eigenvalue weighted by Gasteiger charge is -2.35. The van der Waals surface area contributed by atoms with Gasteiger partial charge in [-0.1, -0.05) is 12.1 Å². The molecule has 2 aliphatic rings. The third-order valence-corrected chi connectivity index (χ3v) is 5.56. The van der Waals surface area contributed by atoms with Crippen LogP contribution in [0.25, 0.3) is 11.1 Å². The number of oxazole rings is 1. The highest BCUT2D eigenvalue weighted by atomic mass is 16.6.